The lowest BCUT2D eigenvalue weighted by atomic mass is 10.1. The van der Waals surface area contributed by atoms with Crippen molar-refractivity contribution in [3.05, 3.63) is 58.4 Å². The van der Waals surface area contributed by atoms with E-state index in [1.807, 2.05) is 58.2 Å². The number of nitrogens with zero attached hydrogens (tertiary/aromatic N) is 4. The molecule has 2 heterocycles. The quantitative estimate of drug-likeness (QED) is 0.730. The van der Waals surface area contributed by atoms with Gasteiger partial charge >= 0.3 is 5.69 Å². The van der Waals surface area contributed by atoms with Crippen molar-refractivity contribution in [1.82, 2.24) is 19.3 Å². The van der Waals surface area contributed by atoms with E-state index >= 15 is 0 Å². The van der Waals surface area contributed by atoms with E-state index in [1.54, 1.807) is 4.57 Å². The second-order valence-electron chi connectivity index (χ2n) is 6.53. The molecule has 0 atom stereocenters. The summed E-state index contributed by atoms with van der Waals surface area (Å²) >= 11 is 0. The molecule has 0 bridgehead atoms. The number of hydrogen-bond donors (Lipinski definition) is 0. The number of rotatable bonds is 2. The van der Waals surface area contributed by atoms with E-state index in [4.69, 9.17) is 0 Å². The summed E-state index contributed by atoms with van der Waals surface area (Å²) in [6.45, 7) is 8.27. The molecule has 114 valence electrons. The van der Waals surface area contributed by atoms with Crippen molar-refractivity contribution in [2.45, 2.75) is 39.8 Å². The number of para-hydroxylation sites is 1. The molecule has 3 rings (SSSR count). The van der Waals surface area contributed by atoms with E-state index in [1.165, 1.54) is 4.68 Å². The van der Waals surface area contributed by atoms with Crippen LogP contribution in [-0.4, -0.2) is 19.3 Å². The average molecular weight is 296 g/mol. The van der Waals surface area contributed by atoms with Gasteiger partial charge in [0.2, 0.25) is 0 Å². The molecule has 3 aromatic rings. The van der Waals surface area contributed by atoms with Crippen LogP contribution in [0, 0.1) is 6.92 Å². The Balaban J connectivity index is 2.02. The first-order chi connectivity index (χ1) is 10.4. The maximum Gasteiger partial charge on any atom is 0.346 e. The molecule has 0 N–H and O–H groups in total. The number of aryl methyl sites for hydroxylation is 1. The van der Waals surface area contributed by atoms with E-state index in [9.17, 15) is 4.79 Å². The third-order valence-corrected chi connectivity index (χ3v) is 3.67. The van der Waals surface area contributed by atoms with Crippen LogP contribution in [0.4, 0.5) is 0 Å². The minimum atomic E-state index is -0.325. The minimum Gasteiger partial charge on any atom is -0.275 e. The molecular formula is C17H20N4O. The molecule has 0 spiro atoms. The Kier molecular flexibility index (Phi) is 3.35. The van der Waals surface area contributed by atoms with Crippen LogP contribution in [-0.2, 0) is 12.1 Å². The summed E-state index contributed by atoms with van der Waals surface area (Å²) in [6, 6.07) is 10.0. The summed E-state index contributed by atoms with van der Waals surface area (Å²) in [5.74, 6) is 0.716. The summed E-state index contributed by atoms with van der Waals surface area (Å²) in [5, 5.41) is 5.46. The number of aromatic nitrogens is 4. The molecule has 0 unspecified atom stereocenters. The molecular weight excluding hydrogens is 276 g/mol. The summed E-state index contributed by atoms with van der Waals surface area (Å²) in [4.78, 5) is 17.0. The van der Waals surface area contributed by atoms with Crippen molar-refractivity contribution in [2.24, 2.45) is 0 Å². The average Bonchev–Trinajstić information content (AvgIpc) is 2.75. The van der Waals surface area contributed by atoms with Crippen LogP contribution < -0.4 is 5.69 Å². The second kappa shape index (κ2) is 5.09. The molecule has 0 saturated heterocycles. The van der Waals surface area contributed by atoms with Crippen molar-refractivity contribution in [1.29, 1.82) is 0 Å². The highest BCUT2D eigenvalue weighted by atomic mass is 16.2. The maximum atomic E-state index is 12.5. The van der Waals surface area contributed by atoms with Crippen LogP contribution >= 0.6 is 0 Å². The fourth-order valence-corrected chi connectivity index (χ4v) is 2.50. The summed E-state index contributed by atoms with van der Waals surface area (Å²) in [6.07, 6.45) is 1.82. The summed E-state index contributed by atoms with van der Waals surface area (Å²) < 4.78 is 3.23. The maximum absolute atomic E-state index is 12.5. The monoisotopic (exact) mass is 296 g/mol. The van der Waals surface area contributed by atoms with E-state index < -0.39 is 0 Å². The molecule has 0 aliphatic carbocycles. The molecule has 2 aromatic heterocycles. The van der Waals surface area contributed by atoms with E-state index in [0.717, 1.165) is 16.5 Å². The zero-order valence-corrected chi connectivity index (χ0v) is 13.4. The van der Waals surface area contributed by atoms with E-state index in [-0.39, 0.29) is 11.2 Å². The predicted molar refractivity (Wildman–Crippen MR) is 87.1 cm³/mol. The second-order valence-corrected chi connectivity index (χ2v) is 6.53. The van der Waals surface area contributed by atoms with Crippen molar-refractivity contribution in [3.8, 4) is 0 Å². The first-order valence-electron chi connectivity index (χ1n) is 7.37. The Morgan fingerprint density at radius 2 is 1.91 bits per heavy atom. The van der Waals surface area contributed by atoms with Gasteiger partial charge in [-0.25, -0.2) is 9.48 Å². The van der Waals surface area contributed by atoms with Gasteiger partial charge in [-0.05, 0) is 45.4 Å². The van der Waals surface area contributed by atoms with Gasteiger partial charge in [0.05, 0.1) is 17.6 Å². The van der Waals surface area contributed by atoms with Crippen LogP contribution in [0.1, 0.15) is 32.2 Å². The van der Waals surface area contributed by atoms with Gasteiger partial charge in [0.25, 0.3) is 0 Å². The number of benzene rings is 1. The number of hydrogen-bond acceptors (Lipinski definition) is 3. The Hall–Kier alpha value is -2.43. The topological polar surface area (TPSA) is 52.7 Å². The predicted octanol–water partition coefficient (Wildman–Crippen LogP) is 2.70. The van der Waals surface area contributed by atoms with Crippen LogP contribution in [0.5, 0.6) is 0 Å². The van der Waals surface area contributed by atoms with Gasteiger partial charge in [-0.2, -0.15) is 5.10 Å². The van der Waals surface area contributed by atoms with Gasteiger partial charge in [0.1, 0.15) is 5.82 Å². The van der Waals surface area contributed by atoms with Crippen LogP contribution in [0.3, 0.4) is 0 Å². The fourth-order valence-electron chi connectivity index (χ4n) is 2.50. The molecule has 5 heteroatoms. The smallest absolute Gasteiger partial charge is 0.275 e. The standard InChI is InChI=1S/C17H20N4O/c1-12-19-21(17(2,3)4)16(22)20(12)11-13-9-14-7-5-6-8-15(14)18-10-13/h5-10H,11H2,1-4H3. The normalized spacial score (nSPS) is 12.0. The Bertz CT molecular complexity index is 884. The zero-order valence-electron chi connectivity index (χ0n) is 13.4. The summed E-state index contributed by atoms with van der Waals surface area (Å²) in [7, 11) is 0. The van der Waals surface area contributed by atoms with Gasteiger partial charge in [-0.1, -0.05) is 18.2 Å². The Morgan fingerprint density at radius 1 is 1.18 bits per heavy atom. The third kappa shape index (κ3) is 2.54. The fraction of sp³-hybridized carbons (Fsp3) is 0.353. The lowest BCUT2D eigenvalue weighted by Gasteiger charge is -2.16. The highest BCUT2D eigenvalue weighted by molar-refractivity contribution is 5.78. The van der Waals surface area contributed by atoms with Crippen molar-refractivity contribution in [3.63, 3.8) is 0 Å². The van der Waals surface area contributed by atoms with E-state index in [2.05, 4.69) is 16.1 Å². The SMILES string of the molecule is Cc1nn(C(C)(C)C)c(=O)n1Cc1cnc2ccccc2c1. The highest BCUT2D eigenvalue weighted by Crippen LogP contribution is 2.14. The lowest BCUT2D eigenvalue weighted by Crippen LogP contribution is -2.35. The summed E-state index contributed by atoms with van der Waals surface area (Å²) in [5.41, 5.74) is 1.55. The van der Waals surface area contributed by atoms with E-state index in [0.29, 0.717) is 12.4 Å². The zero-order chi connectivity index (χ0) is 15.9. The van der Waals surface area contributed by atoms with Gasteiger partial charge < -0.3 is 0 Å². The van der Waals surface area contributed by atoms with Gasteiger partial charge in [0, 0.05) is 11.6 Å². The Labute approximate surface area is 129 Å². The molecule has 0 fully saturated rings. The first-order valence-corrected chi connectivity index (χ1v) is 7.37. The van der Waals surface area contributed by atoms with Crippen LogP contribution in [0.25, 0.3) is 10.9 Å². The third-order valence-electron chi connectivity index (χ3n) is 3.67. The van der Waals surface area contributed by atoms with Crippen molar-refractivity contribution < 1.29 is 0 Å². The highest BCUT2D eigenvalue weighted by Gasteiger charge is 2.20. The molecule has 0 aliphatic heterocycles. The Morgan fingerprint density at radius 3 is 2.59 bits per heavy atom. The van der Waals surface area contributed by atoms with Gasteiger partial charge in [0.15, 0.2) is 0 Å². The molecule has 22 heavy (non-hydrogen) atoms. The van der Waals surface area contributed by atoms with Crippen molar-refractivity contribution >= 4 is 10.9 Å². The minimum absolute atomic E-state index is 0.0850. The molecule has 0 amide bonds. The molecule has 0 aliphatic rings. The van der Waals surface area contributed by atoms with Gasteiger partial charge in [-0.3, -0.25) is 9.55 Å². The molecule has 5 nitrogen and oxygen atoms in total. The number of fused-ring (bicyclic) bond motifs is 1. The molecule has 1 aromatic carbocycles. The lowest BCUT2D eigenvalue weighted by molar-refractivity contribution is 0.340. The van der Waals surface area contributed by atoms with Crippen LogP contribution in [0.2, 0.25) is 0 Å². The molecule has 0 radical (unpaired) electrons. The van der Waals surface area contributed by atoms with Crippen LogP contribution in [0.15, 0.2) is 41.3 Å². The van der Waals surface area contributed by atoms with Crippen molar-refractivity contribution in [2.75, 3.05) is 0 Å². The van der Waals surface area contributed by atoms with Gasteiger partial charge in [-0.15, -0.1) is 0 Å². The largest absolute Gasteiger partial charge is 0.346 e. The number of pyridine rings is 1. The first kappa shape index (κ1) is 14.5. The molecule has 0 saturated carbocycles.